The number of halogens is 1. The molecule has 14 heavy (non-hydrogen) atoms. The summed E-state index contributed by atoms with van der Waals surface area (Å²) >= 11 is 5.88. The van der Waals surface area contributed by atoms with Crippen LogP contribution in [0.3, 0.4) is 0 Å². The molecule has 0 saturated carbocycles. The third-order valence-electron chi connectivity index (χ3n) is 1.53. The van der Waals surface area contributed by atoms with Crippen LogP contribution in [-0.2, 0) is 0 Å². The summed E-state index contributed by atoms with van der Waals surface area (Å²) < 4.78 is 5.35. The van der Waals surface area contributed by atoms with E-state index in [-0.39, 0.29) is 5.02 Å². The Morgan fingerprint density at radius 1 is 1.64 bits per heavy atom. The van der Waals surface area contributed by atoms with Crippen molar-refractivity contribution in [2.75, 3.05) is 6.61 Å². The van der Waals surface area contributed by atoms with Crippen LogP contribution in [0.15, 0.2) is 12.3 Å². The molecule has 1 aromatic heterocycles. The van der Waals surface area contributed by atoms with Crippen LogP contribution >= 0.6 is 11.6 Å². The Kier molecular flexibility index (Phi) is 3.73. The van der Waals surface area contributed by atoms with Gasteiger partial charge in [-0.05, 0) is 12.0 Å². The Labute approximate surface area is 88.3 Å². The van der Waals surface area contributed by atoms with E-state index in [1.165, 1.54) is 6.20 Å². The summed E-state index contributed by atoms with van der Waals surface area (Å²) in [5.41, 5.74) is 0.389. The molecule has 0 spiro atoms. The first kappa shape index (κ1) is 10.8. The van der Waals surface area contributed by atoms with Crippen LogP contribution in [-0.4, -0.2) is 11.6 Å². The number of ether oxygens (including phenoxy) is 1. The molecule has 0 amide bonds. The van der Waals surface area contributed by atoms with Gasteiger partial charge in [0.25, 0.3) is 0 Å². The zero-order chi connectivity index (χ0) is 10.6. The molecule has 0 aliphatic rings. The van der Waals surface area contributed by atoms with Crippen LogP contribution in [0.25, 0.3) is 0 Å². The van der Waals surface area contributed by atoms with Gasteiger partial charge in [0.1, 0.15) is 11.1 Å². The number of nitriles is 1. The third-order valence-corrected chi connectivity index (χ3v) is 1.90. The summed E-state index contributed by atoms with van der Waals surface area (Å²) in [6.07, 6.45) is 1.51. The van der Waals surface area contributed by atoms with Crippen LogP contribution in [0.5, 0.6) is 5.88 Å². The summed E-state index contributed by atoms with van der Waals surface area (Å²) in [6, 6.07) is 3.53. The zero-order valence-electron chi connectivity index (χ0n) is 8.12. The van der Waals surface area contributed by atoms with Crippen LogP contribution in [0, 0.1) is 17.2 Å². The molecule has 4 heteroatoms. The highest BCUT2D eigenvalue weighted by molar-refractivity contribution is 6.32. The number of hydrogen-bond donors (Lipinski definition) is 0. The average molecular weight is 211 g/mol. The number of nitrogens with zero attached hydrogens (tertiary/aromatic N) is 2. The molecule has 0 aliphatic carbocycles. The Morgan fingerprint density at radius 3 is 2.93 bits per heavy atom. The third kappa shape index (κ3) is 2.61. The second kappa shape index (κ2) is 4.83. The van der Waals surface area contributed by atoms with Gasteiger partial charge in [-0.25, -0.2) is 4.98 Å². The second-order valence-corrected chi connectivity index (χ2v) is 3.67. The zero-order valence-corrected chi connectivity index (χ0v) is 8.88. The molecule has 74 valence electrons. The van der Waals surface area contributed by atoms with Crippen molar-refractivity contribution in [3.05, 3.63) is 22.8 Å². The summed E-state index contributed by atoms with van der Waals surface area (Å²) in [6.45, 7) is 4.60. The maximum atomic E-state index is 8.70. The van der Waals surface area contributed by atoms with Crippen LogP contribution in [0.1, 0.15) is 19.4 Å². The Hall–Kier alpha value is -1.27. The van der Waals surface area contributed by atoms with Crippen molar-refractivity contribution in [3.63, 3.8) is 0 Å². The molecule has 0 fully saturated rings. The fourth-order valence-electron chi connectivity index (χ4n) is 0.857. The predicted octanol–water partition coefficient (Wildman–Crippen LogP) is 2.64. The van der Waals surface area contributed by atoms with Crippen molar-refractivity contribution < 1.29 is 4.74 Å². The first-order valence-electron chi connectivity index (χ1n) is 4.32. The SMILES string of the molecule is CC(C)COc1nccc(C#N)c1Cl. The minimum Gasteiger partial charge on any atom is -0.476 e. The smallest absolute Gasteiger partial charge is 0.233 e. The van der Waals surface area contributed by atoms with E-state index in [1.54, 1.807) is 6.07 Å². The fraction of sp³-hybridized carbons (Fsp3) is 0.400. The average Bonchev–Trinajstić information content (AvgIpc) is 2.16. The summed E-state index contributed by atoms with van der Waals surface area (Å²) in [5.74, 6) is 0.734. The molecular weight excluding hydrogens is 200 g/mol. The van der Waals surface area contributed by atoms with Gasteiger partial charge >= 0.3 is 0 Å². The lowest BCUT2D eigenvalue weighted by atomic mass is 10.2. The van der Waals surface area contributed by atoms with Gasteiger partial charge in [-0.3, -0.25) is 0 Å². The van der Waals surface area contributed by atoms with Gasteiger partial charge in [0, 0.05) is 6.20 Å². The van der Waals surface area contributed by atoms with E-state index in [9.17, 15) is 0 Å². The van der Waals surface area contributed by atoms with Gasteiger partial charge in [0.05, 0.1) is 12.2 Å². The molecule has 0 N–H and O–H groups in total. The van der Waals surface area contributed by atoms with Crippen LogP contribution < -0.4 is 4.74 Å². The molecule has 0 bridgehead atoms. The second-order valence-electron chi connectivity index (χ2n) is 3.29. The molecule has 0 radical (unpaired) electrons. The first-order valence-corrected chi connectivity index (χ1v) is 4.70. The quantitative estimate of drug-likeness (QED) is 0.771. The van der Waals surface area contributed by atoms with E-state index in [0.717, 1.165) is 0 Å². The molecule has 1 aromatic rings. The minimum absolute atomic E-state index is 0.288. The Morgan fingerprint density at radius 2 is 2.36 bits per heavy atom. The van der Waals surface area contributed by atoms with Crippen LogP contribution in [0.4, 0.5) is 0 Å². The predicted molar refractivity (Wildman–Crippen MR) is 54.3 cm³/mol. The molecule has 0 unspecified atom stereocenters. The van der Waals surface area contributed by atoms with Crippen LogP contribution in [0.2, 0.25) is 5.02 Å². The molecule has 0 aliphatic heterocycles. The van der Waals surface area contributed by atoms with Crippen molar-refractivity contribution in [3.8, 4) is 11.9 Å². The molecular formula is C10H11ClN2O. The summed E-state index contributed by atoms with van der Waals surface area (Å²) in [4.78, 5) is 3.95. The van der Waals surface area contributed by atoms with E-state index in [0.29, 0.717) is 24.0 Å². The van der Waals surface area contributed by atoms with Gasteiger partial charge in [0.2, 0.25) is 5.88 Å². The molecule has 3 nitrogen and oxygen atoms in total. The summed E-state index contributed by atoms with van der Waals surface area (Å²) in [7, 11) is 0. The molecule has 0 atom stereocenters. The molecule has 1 heterocycles. The van der Waals surface area contributed by atoms with Gasteiger partial charge < -0.3 is 4.74 Å². The monoisotopic (exact) mass is 210 g/mol. The maximum absolute atomic E-state index is 8.70. The van der Waals surface area contributed by atoms with E-state index in [4.69, 9.17) is 21.6 Å². The largest absolute Gasteiger partial charge is 0.476 e. The Bertz CT molecular complexity index is 358. The lowest BCUT2D eigenvalue weighted by Gasteiger charge is -2.08. The number of aromatic nitrogens is 1. The van der Waals surface area contributed by atoms with Gasteiger partial charge in [-0.1, -0.05) is 25.4 Å². The van der Waals surface area contributed by atoms with E-state index in [2.05, 4.69) is 4.98 Å². The van der Waals surface area contributed by atoms with Crippen molar-refractivity contribution in [2.45, 2.75) is 13.8 Å². The normalized spacial score (nSPS) is 9.93. The fourth-order valence-corrected chi connectivity index (χ4v) is 1.07. The minimum atomic E-state index is 0.288. The van der Waals surface area contributed by atoms with Gasteiger partial charge in [0.15, 0.2) is 0 Å². The lowest BCUT2D eigenvalue weighted by Crippen LogP contribution is -2.06. The van der Waals surface area contributed by atoms with Gasteiger partial charge in [-0.15, -0.1) is 0 Å². The van der Waals surface area contributed by atoms with Crippen molar-refractivity contribution in [2.24, 2.45) is 5.92 Å². The summed E-state index contributed by atoms with van der Waals surface area (Å²) in [5, 5.41) is 8.99. The highest BCUT2D eigenvalue weighted by Gasteiger charge is 2.08. The topological polar surface area (TPSA) is 45.9 Å². The maximum Gasteiger partial charge on any atom is 0.233 e. The molecule has 0 aromatic carbocycles. The lowest BCUT2D eigenvalue weighted by molar-refractivity contribution is 0.261. The number of hydrogen-bond acceptors (Lipinski definition) is 3. The van der Waals surface area contributed by atoms with Crippen molar-refractivity contribution >= 4 is 11.6 Å². The van der Waals surface area contributed by atoms with E-state index in [1.807, 2.05) is 19.9 Å². The highest BCUT2D eigenvalue weighted by Crippen LogP contribution is 2.25. The van der Waals surface area contributed by atoms with Crippen molar-refractivity contribution in [1.29, 1.82) is 5.26 Å². The first-order chi connectivity index (χ1) is 6.65. The highest BCUT2D eigenvalue weighted by atomic mass is 35.5. The molecule has 1 rings (SSSR count). The van der Waals surface area contributed by atoms with Crippen molar-refractivity contribution in [1.82, 2.24) is 4.98 Å². The number of pyridine rings is 1. The van der Waals surface area contributed by atoms with E-state index < -0.39 is 0 Å². The van der Waals surface area contributed by atoms with E-state index >= 15 is 0 Å². The standard InChI is InChI=1S/C10H11ClN2O/c1-7(2)6-14-10-9(11)8(5-12)3-4-13-10/h3-4,7H,6H2,1-2H3. The molecule has 0 saturated heterocycles. The number of rotatable bonds is 3. The van der Waals surface area contributed by atoms with Gasteiger partial charge in [-0.2, -0.15) is 5.26 Å². The Balaban J connectivity index is 2.83.